The first-order valence-electron chi connectivity index (χ1n) is 10.1. The molecule has 3 aromatic rings. The zero-order chi connectivity index (χ0) is 25.8. The van der Waals surface area contributed by atoms with Crippen molar-refractivity contribution in [3.8, 4) is 17.6 Å². The molecule has 0 bridgehead atoms. The fourth-order valence-electron chi connectivity index (χ4n) is 3.05. The van der Waals surface area contributed by atoms with Gasteiger partial charge in [0.1, 0.15) is 16.5 Å². The first kappa shape index (κ1) is 26.1. The second-order valence-electron chi connectivity index (χ2n) is 7.44. The summed E-state index contributed by atoms with van der Waals surface area (Å²) in [6.45, 7) is 3.60. The summed E-state index contributed by atoms with van der Waals surface area (Å²) in [6, 6.07) is 15.8. The minimum atomic E-state index is -4.19. The maximum absolute atomic E-state index is 12.7. The largest absolute Gasteiger partial charge is 0.493 e. The van der Waals surface area contributed by atoms with E-state index in [-0.39, 0.29) is 27.0 Å². The smallest absolute Gasteiger partial charge is 0.339 e. The van der Waals surface area contributed by atoms with E-state index in [1.807, 2.05) is 13.0 Å². The molecule has 3 aromatic carbocycles. The zero-order valence-corrected chi connectivity index (χ0v) is 21.3. The number of hydrogen-bond donors (Lipinski definition) is 1. The molecule has 1 N–H and O–H groups in total. The quantitative estimate of drug-likeness (QED) is 0.230. The van der Waals surface area contributed by atoms with Gasteiger partial charge >= 0.3 is 10.1 Å². The number of benzene rings is 3. The maximum Gasteiger partial charge on any atom is 0.339 e. The Morgan fingerprint density at radius 2 is 1.74 bits per heavy atom. The molecule has 35 heavy (non-hydrogen) atoms. The van der Waals surface area contributed by atoms with Gasteiger partial charge in [-0.2, -0.15) is 13.7 Å². The number of aryl methyl sites for hydroxylation is 2. The van der Waals surface area contributed by atoms with Crippen LogP contribution in [0.5, 0.6) is 11.5 Å². The number of rotatable bonds is 7. The van der Waals surface area contributed by atoms with Gasteiger partial charge in [0, 0.05) is 0 Å². The number of halogens is 2. The van der Waals surface area contributed by atoms with Crippen molar-refractivity contribution in [3.63, 3.8) is 0 Å². The predicted molar refractivity (Wildman–Crippen MR) is 135 cm³/mol. The summed E-state index contributed by atoms with van der Waals surface area (Å²) in [7, 11) is -2.88. The lowest BCUT2D eigenvalue weighted by Crippen LogP contribution is -2.14. The summed E-state index contributed by atoms with van der Waals surface area (Å²) in [4.78, 5) is 12.6. The Kier molecular flexibility index (Phi) is 8.07. The van der Waals surface area contributed by atoms with E-state index < -0.39 is 16.0 Å². The SMILES string of the molecule is COc1cc(/C=C(\C#N)C(=O)Nc2c(C)cccc2Cl)cc(Cl)c1OS(=O)(=O)c1ccc(C)cc1. The molecule has 180 valence electrons. The number of ether oxygens (including phenoxy) is 1. The van der Waals surface area contributed by atoms with Crippen molar-refractivity contribution in [2.45, 2.75) is 18.7 Å². The van der Waals surface area contributed by atoms with Crippen molar-refractivity contribution in [2.24, 2.45) is 0 Å². The van der Waals surface area contributed by atoms with Crippen LogP contribution in [0.1, 0.15) is 16.7 Å². The maximum atomic E-state index is 12.7. The molecular weight excluding hydrogens is 511 g/mol. The second-order valence-corrected chi connectivity index (χ2v) is 9.80. The van der Waals surface area contributed by atoms with E-state index in [2.05, 4.69) is 5.32 Å². The molecule has 0 unspecified atom stereocenters. The Balaban J connectivity index is 1.93. The van der Waals surface area contributed by atoms with Crippen LogP contribution < -0.4 is 14.2 Å². The molecule has 0 fully saturated rings. The van der Waals surface area contributed by atoms with Crippen molar-refractivity contribution in [2.75, 3.05) is 12.4 Å². The molecule has 0 aliphatic heterocycles. The van der Waals surface area contributed by atoms with Gasteiger partial charge in [0.2, 0.25) is 5.75 Å². The molecule has 7 nitrogen and oxygen atoms in total. The molecule has 10 heteroatoms. The van der Waals surface area contributed by atoms with Crippen LogP contribution in [0.2, 0.25) is 10.0 Å². The van der Waals surface area contributed by atoms with Crippen LogP contribution in [0.25, 0.3) is 6.08 Å². The molecule has 0 aliphatic rings. The second kappa shape index (κ2) is 10.8. The van der Waals surface area contributed by atoms with Gasteiger partial charge in [-0.05, 0) is 61.4 Å². The highest BCUT2D eigenvalue weighted by Gasteiger charge is 2.22. The van der Waals surface area contributed by atoms with Crippen LogP contribution in [0, 0.1) is 25.2 Å². The number of carbonyl (C=O) groups excluding carboxylic acids is 1. The van der Waals surface area contributed by atoms with Gasteiger partial charge in [-0.3, -0.25) is 4.79 Å². The number of nitriles is 1. The summed E-state index contributed by atoms with van der Waals surface area (Å²) in [5, 5.41) is 12.4. The van der Waals surface area contributed by atoms with E-state index in [1.165, 1.54) is 37.5 Å². The number of amides is 1. The van der Waals surface area contributed by atoms with Crippen LogP contribution in [0.4, 0.5) is 5.69 Å². The minimum absolute atomic E-state index is 0.000849. The average Bonchev–Trinajstić information content (AvgIpc) is 2.81. The Hall–Kier alpha value is -3.51. The number of para-hydroxylation sites is 1. The van der Waals surface area contributed by atoms with Crippen molar-refractivity contribution in [1.82, 2.24) is 0 Å². The van der Waals surface area contributed by atoms with Crippen LogP contribution in [-0.4, -0.2) is 21.4 Å². The Labute approximate surface area is 213 Å². The van der Waals surface area contributed by atoms with Crippen LogP contribution in [0.15, 0.2) is 65.1 Å². The summed E-state index contributed by atoms with van der Waals surface area (Å²) >= 11 is 12.5. The predicted octanol–water partition coefficient (Wildman–Crippen LogP) is 5.93. The lowest BCUT2D eigenvalue weighted by molar-refractivity contribution is -0.112. The fourth-order valence-corrected chi connectivity index (χ4v) is 4.58. The average molecular weight is 531 g/mol. The fraction of sp³-hybridized carbons (Fsp3) is 0.120. The molecule has 0 atom stereocenters. The molecule has 0 aliphatic carbocycles. The lowest BCUT2D eigenvalue weighted by Gasteiger charge is -2.14. The van der Waals surface area contributed by atoms with E-state index >= 15 is 0 Å². The van der Waals surface area contributed by atoms with Gasteiger partial charge in [-0.25, -0.2) is 0 Å². The molecule has 0 aromatic heterocycles. The van der Waals surface area contributed by atoms with Crippen LogP contribution >= 0.6 is 23.2 Å². The van der Waals surface area contributed by atoms with Gasteiger partial charge in [0.05, 0.1) is 22.8 Å². The third-order valence-corrected chi connectivity index (χ3v) is 6.72. The first-order chi connectivity index (χ1) is 16.6. The first-order valence-corrected chi connectivity index (χ1v) is 12.3. The third-order valence-electron chi connectivity index (χ3n) is 4.89. The molecule has 0 saturated heterocycles. The molecule has 3 rings (SSSR count). The minimum Gasteiger partial charge on any atom is -0.493 e. The highest BCUT2D eigenvalue weighted by molar-refractivity contribution is 7.87. The summed E-state index contributed by atoms with van der Waals surface area (Å²) in [5.41, 5.74) is 2.08. The number of carbonyl (C=O) groups is 1. The molecular formula is C25H20Cl2N2O5S. The van der Waals surface area contributed by atoms with Crippen LogP contribution in [0.3, 0.4) is 0 Å². The normalized spacial score (nSPS) is 11.5. The topological polar surface area (TPSA) is 105 Å². The standard InChI is InChI=1S/C25H20Cl2N2O5S/c1-15-7-9-19(10-8-15)35(31,32)34-24-21(27)12-17(13-22(24)33-3)11-18(14-28)25(30)29-23-16(2)5-4-6-20(23)26/h4-13H,1-3H3,(H,29,30)/b18-11+. The molecule has 0 heterocycles. The number of methoxy groups -OCH3 is 1. The summed E-state index contributed by atoms with van der Waals surface area (Å²) in [6.07, 6.45) is 1.29. The van der Waals surface area contributed by atoms with Gasteiger partial charge < -0.3 is 14.2 Å². The van der Waals surface area contributed by atoms with E-state index in [9.17, 15) is 18.5 Å². The van der Waals surface area contributed by atoms with Crippen molar-refractivity contribution >= 4 is 51.0 Å². The molecule has 0 saturated carbocycles. The number of nitrogens with zero attached hydrogens (tertiary/aromatic N) is 1. The molecule has 0 radical (unpaired) electrons. The third kappa shape index (κ3) is 6.14. The molecule has 1 amide bonds. The zero-order valence-electron chi connectivity index (χ0n) is 18.9. The van der Waals surface area contributed by atoms with E-state index in [4.69, 9.17) is 32.1 Å². The van der Waals surface area contributed by atoms with E-state index in [0.717, 1.165) is 11.1 Å². The summed E-state index contributed by atoms with van der Waals surface area (Å²) < 4.78 is 35.9. The Morgan fingerprint density at radius 1 is 1.06 bits per heavy atom. The highest BCUT2D eigenvalue weighted by atomic mass is 35.5. The van der Waals surface area contributed by atoms with Gasteiger partial charge in [-0.1, -0.05) is 53.0 Å². The van der Waals surface area contributed by atoms with E-state index in [0.29, 0.717) is 16.3 Å². The van der Waals surface area contributed by atoms with Crippen molar-refractivity contribution in [3.05, 3.63) is 86.9 Å². The monoisotopic (exact) mass is 530 g/mol. The van der Waals surface area contributed by atoms with Gasteiger partial charge in [0.25, 0.3) is 5.91 Å². The van der Waals surface area contributed by atoms with Crippen LogP contribution in [-0.2, 0) is 14.9 Å². The van der Waals surface area contributed by atoms with Crippen molar-refractivity contribution < 1.29 is 22.1 Å². The molecule has 0 spiro atoms. The Morgan fingerprint density at radius 3 is 2.34 bits per heavy atom. The van der Waals surface area contributed by atoms with Gasteiger partial charge in [0.15, 0.2) is 5.75 Å². The number of nitrogens with one attached hydrogen (secondary N) is 1. The number of anilines is 1. The number of hydrogen-bond acceptors (Lipinski definition) is 6. The lowest BCUT2D eigenvalue weighted by atomic mass is 10.1. The summed E-state index contributed by atoms with van der Waals surface area (Å²) in [5.74, 6) is -0.901. The Bertz CT molecular complexity index is 1440. The highest BCUT2D eigenvalue weighted by Crippen LogP contribution is 2.39. The van der Waals surface area contributed by atoms with Crippen molar-refractivity contribution in [1.29, 1.82) is 5.26 Å². The van der Waals surface area contributed by atoms with E-state index in [1.54, 1.807) is 37.3 Å². The van der Waals surface area contributed by atoms with Gasteiger partial charge in [-0.15, -0.1) is 0 Å².